The molecule has 0 amide bonds. The maximum Gasteiger partial charge on any atom is 0.344 e. The first-order chi connectivity index (χ1) is 11.2. The van der Waals surface area contributed by atoms with E-state index in [2.05, 4.69) is 15.9 Å². The zero-order valence-corrected chi connectivity index (χ0v) is 14.4. The van der Waals surface area contributed by atoms with Crippen LogP contribution in [0.15, 0.2) is 79.7 Å². The molecule has 112 valence electrons. The summed E-state index contributed by atoms with van der Waals surface area (Å²) < 4.78 is 6.52. The van der Waals surface area contributed by atoms with Crippen LogP contribution in [0.4, 0.5) is 0 Å². The number of halogens is 1. The average Bonchev–Trinajstić information content (AvgIpc) is 3.09. The minimum atomic E-state index is -0.311. The van der Waals surface area contributed by atoms with Crippen molar-refractivity contribution in [3.05, 3.63) is 80.9 Å². The van der Waals surface area contributed by atoms with E-state index in [4.69, 9.17) is 4.42 Å². The highest BCUT2D eigenvalue weighted by molar-refractivity contribution is 9.10. The van der Waals surface area contributed by atoms with Gasteiger partial charge in [0, 0.05) is 20.3 Å². The highest BCUT2D eigenvalue weighted by Crippen LogP contribution is 2.38. The standard InChI is InChI=1S/C19H11BrO2S/c20-13-8-9-15-14(11-13)18(16-7-4-10-23-16)17(19(21)22-15)12-5-2-1-3-6-12/h1-11H. The van der Waals surface area contributed by atoms with E-state index >= 15 is 0 Å². The molecule has 4 heteroatoms. The number of benzene rings is 2. The summed E-state index contributed by atoms with van der Waals surface area (Å²) in [6.07, 6.45) is 0. The topological polar surface area (TPSA) is 30.2 Å². The third kappa shape index (κ3) is 2.54. The van der Waals surface area contributed by atoms with Crippen LogP contribution in [0.1, 0.15) is 0 Å². The smallest absolute Gasteiger partial charge is 0.344 e. The van der Waals surface area contributed by atoms with Gasteiger partial charge in [0.05, 0.1) is 5.56 Å². The van der Waals surface area contributed by atoms with Crippen molar-refractivity contribution in [2.24, 2.45) is 0 Å². The van der Waals surface area contributed by atoms with Gasteiger partial charge in [0.25, 0.3) is 0 Å². The molecule has 0 radical (unpaired) electrons. The van der Waals surface area contributed by atoms with Crippen LogP contribution in [0.25, 0.3) is 32.5 Å². The molecular weight excluding hydrogens is 372 g/mol. The summed E-state index contributed by atoms with van der Waals surface area (Å²) in [6, 6.07) is 19.4. The Balaban J connectivity index is 2.19. The van der Waals surface area contributed by atoms with E-state index in [1.807, 2.05) is 66.0 Å². The lowest BCUT2D eigenvalue weighted by Gasteiger charge is -2.11. The molecule has 0 bridgehead atoms. The molecule has 2 nitrogen and oxygen atoms in total. The first-order valence-corrected chi connectivity index (χ1v) is 8.77. The maximum atomic E-state index is 12.7. The van der Waals surface area contributed by atoms with E-state index < -0.39 is 0 Å². The molecule has 0 aliphatic heterocycles. The molecule has 0 aliphatic rings. The van der Waals surface area contributed by atoms with E-state index in [-0.39, 0.29) is 5.63 Å². The first kappa shape index (κ1) is 14.4. The second kappa shape index (κ2) is 5.80. The second-order valence-corrected chi connectivity index (χ2v) is 6.99. The number of thiophene rings is 1. The molecule has 2 aromatic carbocycles. The number of rotatable bonds is 2. The lowest BCUT2D eigenvalue weighted by molar-refractivity contribution is 0.564. The summed E-state index contributed by atoms with van der Waals surface area (Å²) in [5, 5.41) is 2.95. The van der Waals surface area contributed by atoms with Gasteiger partial charge >= 0.3 is 5.63 Å². The van der Waals surface area contributed by atoms with Crippen molar-refractivity contribution in [3.8, 4) is 21.6 Å². The molecule has 4 rings (SSSR count). The third-order valence-electron chi connectivity index (χ3n) is 3.70. The van der Waals surface area contributed by atoms with Gasteiger partial charge in [0.15, 0.2) is 0 Å². The Labute approximate surface area is 145 Å². The van der Waals surface area contributed by atoms with Crippen LogP contribution < -0.4 is 5.63 Å². The lowest BCUT2D eigenvalue weighted by Crippen LogP contribution is -2.05. The summed E-state index contributed by atoms with van der Waals surface area (Å²) in [5.41, 5.74) is 2.69. The molecule has 0 spiro atoms. The Morgan fingerprint density at radius 2 is 1.74 bits per heavy atom. The Bertz CT molecular complexity index is 1030. The van der Waals surface area contributed by atoms with E-state index in [0.29, 0.717) is 11.1 Å². The molecule has 0 saturated carbocycles. The van der Waals surface area contributed by atoms with E-state index in [1.54, 1.807) is 11.3 Å². The number of hydrogen-bond acceptors (Lipinski definition) is 3. The first-order valence-electron chi connectivity index (χ1n) is 7.10. The SMILES string of the molecule is O=c1oc2ccc(Br)cc2c(-c2cccs2)c1-c1ccccc1. The summed E-state index contributed by atoms with van der Waals surface area (Å²) in [5.74, 6) is 0. The molecule has 2 aromatic heterocycles. The largest absolute Gasteiger partial charge is 0.422 e. The molecular formula is C19H11BrO2S. The number of fused-ring (bicyclic) bond motifs is 1. The van der Waals surface area contributed by atoms with Gasteiger partial charge in [0.2, 0.25) is 0 Å². The van der Waals surface area contributed by atoms with Crippen LogP contribution >= 0.6 is 27.3 Å². The summed E-state index contributed by atoms with van der Waals surface area (Å²) in [4.78, 5) is 13.7. The van der Waals surface area contributed by atoms with E-state index in [1.165, 1.54) is 0 Å². The Hall–Kier alpha value is -2.17. The molecule has 0 saturated heterocycles. The predicted molar refractivity (Wildman–Crippen MR) is 98.9 cm³/mol. The third-order valence-corrected chi connectivity index (χ3v) is 5.08. The average molecular weight is 383 g/mol. The monoisotopic (exact) mass is 382 g/mol. The van der Waals surface area contributed by atoms with Gasteiger partial charge < -0.3 is 4.42 Å². The molecule has 0 aliphatic carbocycles. The van der Waals surface area contributed by atoms with E-state index in [9.17, 15) is 4.79 Å². The van der Waals surface area contributed by atoms with Gasteiger partial charge in [-0.15, -0.1) is 11.3 Å². The van der Waals surface area contributed by atoms with Crippen molar-refractivity contribution in [3.63, 3.8) is 0 Å². The maximum absolute atomic E-state index is 12.7. The van der Waals surface area contributed by atoms with Gasteiger partial charge in [-0.3, -0.25) is 0 Å². The van der Waals surface area contributed by atoms with Crippen molar-refractivity contribution in [1.29, 1.82) is 0 Å². The lowest BCUT2D eigenvalue weighted by atomic mass is 9.97. The highest BCUT2D eigenvalue weighted by atomic mass is 79.9. The molecule has 23 heavy (non-hydrogen) atoms. The van der Waals surface area contributed by atoms with Gasteiger partial charge in [-0.2, -0.15) is 0 Å². The minimum Gasteiger partial charge on any atom is -0.422 e. The quantitative estimate of drug-likeness (QED) is 0.401. The molecule has 2 heterocycles. The van der Waals surface area contributed by atoms with Crippen LogP contribution in [0, 0.1) is 0 Å². The normalized spacial score (nSPS) is 11.0. The molecule has 0 N–H and O–H groups in total. The zero-order chi connectivity index (χ0) is 15.8. The minimum absolute atomic E-state index is 0.311. The zero-order valence-electron chi connectivity index (χ0n) is 12.0. The molecule has 0 atom stereocenters. The Morgan fingerprint density at radius 1 is 0.913 bits per heavy atom. The van der Waals surface area contributed by atoms with Gasteiger partial charge in [-0.1, -0.05) is 52.3 Å². The summed E-state index contributed by atoms with van der Waals surface area (Å²) in [6.45, 7) is 0. The van der Waals surface area contributed by atoms with Gasteiger partial charge in [-0.05, 0) is 35.2 Å². The van der Waals surface area contributed by atoms with Gasteiger partial charge in [-0.25, -0.2) is 4.79 Å². The molecule has 0 fully saturated rings. The van der Waals surface area contributed by atoms with Crippen LogP contribution in [-0.4, -0.2) is 0 Å². The Kier molecular flexibility index (Phi) is 3.63. The van der Waals surface area contributed by atoms with Gasteiger partial charge in [0.1, 0.15) is 5.58 Å². The predicted octanol–water partition coefficient (Wildman–Crippen LogP) is 5.95. The van der Waals surface area contributed by atoms with Crippen LogP contribution in [-0.2, 0) is 0 Å². The highest BCUT2D eigenvalue weighted by Gasteiger charge is 2.18. The van der Waals surface area contributed by atoms with E-state index in [0.717, 1.165) is 25.9 Å². The van der Waals surface area contributed by atoms with Crippen molar-refractivity contribution < 1.29 is 4.42 Å². The van der Waals surface area contributed by atoms with Crippen LogP contribution in [0.2, 0.25) is 0 Å². The second-order valence-electron chi connectivity index (χ2n) is 5.12. The fourth-order valence-corrected chi connectivity index (χ4v) is 3.87. The van der Waals surface area contributed by atoms with Crippen molar-refractivity contribution >= 4 is 38.2 Å². The van der Waals surface area contributed by atoms with Crippen molar-refractivity contribution in [2.45, 2.75) is 0 Å². The summed E-state index contributed by atoms with van der Waals surface area (Å²) in [7, 11) is 0. The summed E-state index contributed by atoms with van der Waals surface area (Å²) >= 11 is 5.13. The van der Waals surface area contributed by atoms with Crippen molar-refractivity contribution in [2.75, 3.05) is 0 Å². The molecule has 0 unspecified atom stereocenters. The number of hydrogen-bond donors (Lipinski definition) is 0. The van der Waals surface area contributed by atoms with Crippen molar-refractivity contribution in [1.82, 2.24) is 0 Å². The van der Waals surface area contributed by atoms with Crippen LogP contribution in [0.5, 0.6) is 0 Å². The fourth-order valence-electron chi connectivity index (χ4n) is 2.72. The Morgan fingerprint density at radius 3 is 2.48 bits per heavy atom. The van der Waals surface area contributed by atoms with Crippen LogP contribution in [0.3, 0.4) is 0 Å². The molecule has 4 aromatic rings. The fraction of sp³-hybridized carbons (Fsp3) is 0.